The van der Waals surface area contributed by atoms with Crippen molar-refractivity contribution in [1.29, 1.82) is 0 Å². The van der Waals surface area contributed by atoms with Crippen molar-refractivity contribution in [1.82, 2.24) is 4.98 Å². The van der Waals surface area contributed by atoms with Crippen molar-refractivity contribution in [3.63, 3.8) is 0 Å². The summed E-state index contributed by atoms with van der Waals surface area (Å²) in [5.74, 6) is -0.617. The predicted octanol–water partition coefficient (Wildman–Crippen LogP) is 0.00540. The van der Waals surface area contributed by atoms with Crippen LogP contribution in [-0.2, 0) is 9.53 Å². The Morgan fingerprint density at radius 2 is 2.47 bits per heavy atom. The maximum atomic E-state index is 11.2. The first-order valence-electron chi connectivity index (χ1n) is 4.67. The highest BCUT2D eigenvalue weighted by molar-refractivity contribution is 5.76. The second-order valence-electron chi connectivity index (χ2n) is 3.01. The molecule has 82 valence electrons. The minimum Gasteiger partial charge on any atom is -0.465 e. The van der Waals surface area contributed by atoms with Crippen LogP contribution in [0, 0.1) is 0 Å². The molecule has 0 saturated carbocycles. The zero-order valence-corrected chi connectivity index (χ0v) is 8.46. The Morgan fingerprint density at radius 3 is 3.00 bits per heavy atom. The molecule has 1 rings (SSSR count). The molecule has 2 atom stereocenters. The largest absolute Gasteiger partial charge is 0.465 e. The molecule has 0 radical (unpaired) electrons. The van der Waals surface area contributed by atoms with Crippen LogP contribution in [0.4, 0.5) is 0 Å². The standard InChI is InChI=1S/C10H14N2O3/c1-2-15-10(14)8(11)9(13)7-4-3-5-12-6-7/h3-6,8-9,13H,2,11H2,1H3/t8-,9-/m0/s1. The first kappa shape index (κ1) is 11.6. The van der Waals surface area contributed by atoms with Crippen LogP contribution in [0.1, 0.15) is 18.6 Å². The lowest BCUT2D eigenvalue weighted by atomic mass is 10.1. The summed E-state index contributed by atoms with van der Waals surface area (Å²) in [4.78, 5) is 15.1. The Hall–Kier alpha value is -1.46. The van der Waals surface area contributed by atoms with Gasteiger partial charge in [0.25, 0.3) is 0 Å². The number of aliphatic hydroxyl groups is 1. The van der Waals surface area contributed by atoms with Crippen LogP contribution in [0.25, 0.3) is 0 Å². The Morgan fingerprint density at radius 1 is 1.73 bits per heavy atom. The first-order chi connectivity index (χ1) is 7.16. The molecule has 0 amide bonds. The lowest BCUT2D eigenvalue weighted by Gasteiger charge is -2.16. The maximum Gasteiger partial charge on any atom is 0.325 e. The summed E-state index contributed by atoms with van der Waals surface area (Å²) >= 11 is 0. The molecule has 5 nitrogen and oxygen atoms in total. The molecule has 15 heavy (non-hydrogen) atoms. The number of nitrogens with zero attached hydrogens (tertiary/aromatic N) is 1. The zero-order chi connectivity index (χ0) is 11.3. The Labute approximate surface area is 87.9 Å². The Kier molecular flexibility index (Phi) is 4.20. The number of nitrogens with two attached hydrogens (primary N) is 1. The smallest absolute Gasteiger partial charge is 0.325 e. The second kappa shape index (κ2) is 5.43. The highest BCUT2D eigenvalue weighted by Crippen LogP contribution is 2.14. The summed E-state index contributed by atoms with van der Waals surface area (Å²) in [5.41, 5.74) is 6.02. The van der Waals surface area contributed by atoms with Gasteiger partial charge in [0.15, 0.2) is 0 Å². The van der Waals surface area contributed by atoms with Crippen molar-refractivity contribution in [2.75, 3.05) is 6.61 Å². The number of carbonyl (C=O) groups is 1. The summed E-state index contributed by atoms with van der Waals surface area (Å²) in [6, 6.07) is 2.24. The predicted molar refractivity (Wildman–Crippen MR) is 53.8 cm³/mol. The third-order valence-corrected chi connectivity index (χ3v) is 1.92. The molecule has 0 saturated heterocycles. The topological polar surface area (TPSA) is 85.4 Å². The van der Waals surface area contributed by atoms with E-state index in [1.165, 1.54) is 6.20 Å². The third kappa shape index (κ3) is 3.00. The number of ether oxygens (including phenoxy) is 1. The number of rotatable bonds is 4. The average molecular weight is 210 g/mol. The van der Waals surface area contributed by atoms with Crippen molar-refractivity contribution in [2.45, 2.75) is 19.1 Å². The van der Waals surface area contributed by atoms with Gasteiger partial charge in [0.2, 0.25) is 0 Å². The molecule has 1 heterocycles. The molecule has 0 bridgehead atoms. The van der Waals surface area contributed by atoms with Gasteiger partial charge in [-0.2, -0.15) is 0 Å². The number of esters is 1. The third-order valence-electron chi connectivity index (χ3n) is 1.92. The quantitative estimate of drug-likeness (QED) is 0.683. The van der Waals surface area contributed by atoms with Crippen LogP contribution in [-0.4, -0.2) is 28.7 Å². The number of carbonyl (C=O) groups excluding carboxylic acids is 1. The SMILES string of the molecule is CCOC(=O)[C@@H](N)[C@@H](O)c1cccnc1. The van der Waals surface area contributed by atoms with Gasteiger partial charge in [-0.1, -0.05) is 6.07 Å². The van der Waals surface area contributed by atoms with E-state index in [0.717, 1.165) is 0 Å². The second-order valence-corrected chi connectivity index (χ2v) is 3.01. The molecular weight excluding hydrogens is 196 g/mol. The van der Waals surface area contributed by atoms with Crippen molar-refractivity contribution < 1.29 is 14.6 Å². The van der Waals surface area contributed by atoms with Crippen LogP contribution in [0.3, 0.4) is 0 Å². The minimum atomic E-state index is -1.09. The van der Waals surface area contributed by atoms with E-state index >= 15 is 0 Å². The molecule has 0 spiro atoms. The highest BCUT2D eigenvalue weighted by atomic mass is 16.5. The molecule has 5 heteroatoms. The minimum absolute atomic E-state index is 0.242. The van der Waals surface area contributed by atoms with E-state index in [4.69, 9.17) is 10.5 Å². The summed E-state index contributed by atoms with van der Waals surface area (Å²) < 4.78 is 4.70. The van der Waals surface area contributed by atoms with Crippen molar-refractivity contribution in [3.8, 4) is 0 Å². The van der Waals surface area contributed by atoms with Gasteiger partial charge in [0, 0.05) is 18.0 Å². The highest BCUT2D eigenvalue weighted by Gasteiger charge is 2.25. The Balaban J connectivity index is 2.68. The molecule has 0 aromatic carbocycles. The monoisotopic (exact) mass is 210 g/mol. The van der Waals surface area contributed by atoms with E-state index in [2.05, 4.69) is 4.98 Å². The maximum absolute atomic E-state index is 11.2. The number of hydrogen-bond donors (Lipinski definition) is 2. The molecule has 3 N–H and O–H groups in total. The van der Waals surface area contributed by atoms with Crippen LogP contribution in [0.5, 0.6) is 0 Å². The summed E-state index contributed by atoms with van der Waals surface area (Å²) in [7, 11) is 0. The van der Waals surface area contributed by atoms with E-state index in [-0.39, 0.29) is 6.61 Å². The summed E-state index contributed by atoms with van der Waals surface area (Å²) in [6.07, 6.45) is 1.95. The number of aromatic nitrogens is 1. The Bertz CT molecular complexity index is 316. The van der Waals surface area contributed by atoms with E-state index in [0.29, 0.717) is 5.56 Å². The van der Waals surface area contributed by atoms with Gasteiger partial charge in [-0.15, -0.1) is 0 Å². The first-order valence-corrected chi connectivity index (χ1v) is 4.67. The van der Waals surface area contributed by atoms with Gasteiger partial charge in [-0.3, -0.25) is 9.78 Å². The van der Waals surface area contributed by atoms with E-state index < -0.39 is 18.1 Å². The fourth-order valence-electron chi connectivity index (χ4n) is 1.13. The van der Waals surface area contributed by atoms with Crippen LogP contribution >= 0.6 is 0 Å². The molecular formula is C10H14N2O3. The van der Waals surface area contributed by atoms with Gasteiger partial charge in [-0.05, 0) is 13.0 Å². The van der Waals surface area contributed by atoms with Crippen molar-refractivity contribution in [3.05, 3.63) is 30.1 Å². The van der Waals surface area contributed by atoms with Gasteiger partial charge in [-0.25, -0.2) is 0 Å². The fourth-order valence-corrected chi connectivity index (χ4v) is 1.13. The lowest BCUT2D eigenvalue weighted by molar-refractivity contribution is -0.147. The van der Waals surface area contributed by atoms with E-state index in [1.54, 1.807) is 25.3 Å². The lowest BCUT2D eigenvalue weighted by Crippen LogP contribution is -2.38. The molecule has 1 aromatic heterocycles. The molecule has 0 fully saturated rings. The van der Waals surface area contributed by atoms with Gasteiger partial charge >= 0.3 is 5.97 Å². The summed E-state index contributed by atoms with van der Waals surface area (Å²) in [6.45, 7) is 1.92. The molecule has 0 aliphatic rings. The van der Waals surface area contributed by atoms with Gasteiger partial charge in [0.1, 0.15) is 12.1 Å². The zero-order valence-electron chi connectivity index (χ0n) is 8.46. The number of hydrogen-bond acceptors (Lipinski definition) is 5. The van der Waals surface area contributed by atoms with Crippen LogP contribution in [0.2, 0.25) is 0 Å². The van der Waals surface area contributed by atoms with Crippen molar-refractivity contribution >= 4 is 5.97 Å². The number of pyridine rings is 1. The summed E-state index contributed by atoms with van der Waals surface area (Å²) in [5, 5.41) is 9.72. The molecule has 0 aliphatic carbocycles. The molecule has 0 aliphatic heterocycles. The van der Waals surface area contributed by atoms with Gasteiger partial charge in [0.05, 0.1) is 6.61 Å². The van der Waals surface area contributed by atoms with Gasteiger partial charge < -0.3 is 15.6 Å². The van der Waals surface area contributed by atoms with Crippen molar-refractivity contribution in [2.24, 2.45) is 5.73 Å². The average Bonchev–Trinajstić information content (AvgIpc) is 2.28. The van der Waals surface area contributed by atoms with Crippen LogP contribution in [0.15, 0.2) is 24.5 Å². The fraction of sp³-hybridized carbons (Fsp3) is 0.400. The number of aliphatic hydroxyl groups excluding tert-OH is 1. The van der Waals surface area contributed by atoms with Crippen LogP contribution < -0.4 is 5.73 Å². The van der Waals surface area contributed by atoms with E-state index in [1.807, 2.05) is 0 Å². The normalized spacial score (nSPS) is 14.3. The molecule has 1 aromatic rings. The molecule has 0 unspecified atom stereocenters. The van der Waals surface area contributed by atoms with E-state index in [9.17, 15) is 9.90 Å².